The summed E-state index contributed by atoms with van der Waals surface area (Å²) in [5.41, 5.74) is 0.286. The summed E-state index contributed by atoms with van der Waals surface area (Å²) >= 11 is 4.01. The molecule has 2 atom stereocenters. The number of nitrogens with one attached hydrogen (secondary N) is 1. The van der Waals surface area contributed by atoms with E-state index in [9.17, 15) is 0 Å². The molecule has 1 fully saturated rings. The van der Waals surface area contributed by atoms with Crippen LogP contribution in [0.5, 0.6) is 0 Å². The average Bonchev–Trinajstić information content (AvgIpc) is 2.65. The van der Waals surface area contributed by atoms with Gasteiger partial charge < -0.3 is 0 Å². The van der Waals surface area contributed by atoms with Gasteiger partial charge >= 0.3 is 0 Å². The summed E-state index contributed by atoms with van der Waals surface area (Å²) in [6.45, 7) is 9.14. The SMILES string of the molecule is CC1CCSC(c2ccc(C(C)(C)C)s2)N1. The van der Waals surface area contributed by atoms with Gasteiger partial charge in [0, 0.05) is 15.8 Å². The molecule has 16 heavy (non-hydrogen) atoms. The molecular formula is C13H21NS2. The van der Waals surface area contributed by atoms with E-state index in [1.165, 1.54) is 21.9 Å². The van der Waals surface area contributed by atoms with Crippen molar-refractivity contribution >= 4 is 23.1 Å². The van der Waals surface area contributed by atoms with Crippen molar-refractivity contribution in [3.63, 3.8) is 0 Å². The lowest BCUT2D eigenvalue weighted by molar-refractivity contribution is 0.515. The minimum Gasteiger partial charge on any atom is -0.298 e. The van der Waals surface area contributed by atoms with Gasteiger partial charge in [-0.25, -0.2) is 0 Å². The Kier molecular flexibility index (Phi) is 3.67. The fourth-order valence-corrected chi connectivity index (χ4v) is 4.47. The number of hydrogen-bond acceptors (Lipinski definition) is 3. The van der Waals surface area contributed by atoms with Crippen LogP contribution in [0.2, 0.25) is 0 Å². The van der Waals surface area contributed by atoms with Gasteiger partial charge in [0.25, 0.3) is 0 Å². The van der Waals surface area contributed by atoms with Crippen LogP contribution in [0, 0.1) is 0 Å². The van der Waals surface area contributed by atoms with Crippen molar-refractivity contribution in [2.45, 2.75) is 50.9 Å². The van der Waals surface area contributed by atoms with Crippen LogP contribution in [-0.4, -0.2) is 11.8 Å². The first kappa shape index (κ1) is 12.5. The van der Waals surface area contributed by atoms with Crippen LogP contribution < -0.4 is 5.32 Å². The summed E-state index contributed by atoms with van der Waals surface area (Å²) in [5, 5.41) is 4.19. The van der Waals surface area contributed by atoms with Crippen molar-refractivity contribution < 1.29 is 0 Å². The summed E-state index contributed by atoms with van der Waals surface area (Å²) in [5.74, 6) is 1.28. The lowest BCUT2D eigenvalue weighted by Gasteiger charge is -2.27. The smallest absolute Gasteiger partial charge is 0.0884 e. The third-order valence-corrected chi connectivity index (χ3v) is 5.82. The third kappa shape index (κ3) is 2.82. The molecule has 90 valence electrons. The summed E-state index contributed by atoms with van der Waals surface area (Å²) in [6.07, 6.45) is 1.29. The number of thioether (sulfide) groups is 1. The Morgan fingerprint density at radius 1 is 1.31 bits per heavy atom. The normalized spacial score (nSPS) is 27.0. The molecule has 1 nitrogen and oxygen atoms in total. The van der Waals surface area contributed by atoms with Gasteiger partial charge in [0.05, 0.1) is 5.37 Å². The van der Waals surface area contributed by atoms with Crippen LogP contribution in [0.3, 0.4) is 0 Å². The van der Waals surface area contributed by atoms with Crippen molar-refractivity contribution in [2.24, 2.45) is 0 Å². The van der Waals surface area contributed by atoms with Crippen LogP contribution in [0.1, 0.15) is 49.2 Å². The first-order chi connectivity index (χ1) is 7.47. The Balaban J connectivity index is 2.12. The Morgan fingerprint density at radius 3 is 2.62 bits per heavy atom. The Labute approximate surface area is 107 Å². The van der Waals surface area contributed by atoms with Gasteiger partial charge in [0.15, 0.2) is 0 Å². The highest BCUT2D eigenvalue weighted by Crippen LogP contribution is 2.38. The van der Waals surface area contributed by atoms with Crippen molar-refractivity contribution in [3.05, 3.63) is 21.9 Å². The summed E-state index contributed by atoms with van der Waals surface area (Å²) in [6, 6.07) is 5.25. The maximum atomic E-state index is 3.67. The van der Waals surface area contributed by atoms with Gasteiger partial charge in [-0.15, -0.1) is 23.1 Å². The fraction of sp³-hybridized carbons (Fsp3) is 0.692. The second-order valence-electron chi connectivity index (χ2n) is 5.56. The first-order valence-electron chi connectivity index (χ1n) is 5.94. The molecule has 0 aromatic carbocycles. The van der Waals surface area contributed by atoms with Crippen LogP contribution >= 0.6 is 23.1 Å². The van der Waals surface area contributed by atoms with E-state index >= 15 is 0 Å². The lowest BCUT2D eigenvalue weighted by atomic mass is 9.95. The molecule has 1 aliphatic rings. The summed E-state index contributed by atoms with van der Waals surface area (Å²) in [4.78, 5) is 2.98. The number of hydrogen-bond donors (Lipinski definition) is 1. The molecule has 0 spiro atoms. The summed E-state index contributed by atoms with van der Waals surface area (Å²) < 4.78 is 0. The first-order valence-corrected chi connectivity index (χ1v) is 7.81. The van der Waals surface area contributed by atoms with Crippen LogP contribution in [0.4, 0.5) is 0 Å². The second kappa shape index (κ2) is 4.71. The van der Waals surface area contributed by atoms with E-state index in [0.29, 0.717) is 11.4 Å². The molecule has 0 saturated carbocycles. The Hall–Kier alpha value is 0.01000. The molecule has 2 rings (SSSR count). The predicted molar refractivity (Wildman–Crippen MR) is 75.4 cm³/mol. The molecule has 1 aliphatic heterocycles. The van der Waals surface area contributed by atoms with E-state index in [1.807, 2.05) is 23.1 Å². The van der Waals surface area contributed by atoms with E-state index in [0.717, 1.165) is 0 Å². The largest absolute Gasteiger partial charge is 0.298 e. The van der Waals surface area contributed by atoms with E-state index < -0.39 is 0 Å². The molecule has 1 saturated heterocycles. The van der Waals surface area contributed by atoms with E-state index in [4.69, 9.17) is 0 Å². The fourth-order valence-electron chi connectivity index (χ4n) is 1.81. The van der Waals surface area contributed by atoms with Gasteiger partial charge in [0.1, 0.15) is 0 Å². The van der Waals surface area contributed by atoms with Crippen LogP contribution in [0.15, 0.2) is 12.1 Å². The van der Waals surface area contributed by atoms with Crippen LogP contribution in [-0.2, 0) is 5.41 Å². The molecule has 2 unspecified atom stereocenters. The minimum absolute atomic E-state index is 0.286. The van der Waals surface area contributed by atoms with E-state index in [2.05, 4.69) is 45.1 Å². The lowest BCUT2D eigenvalue weighted by Crippen LogP contribution is -2.33. The number of thiophene rings is 1. The molecule has 1 aromatic heterocycles. The van der Waals surface area contributed by atoms with Crippen molar-refractivity contribution in [1.82, 2.24) is 5.32 Å². The van der Waals surface area contributed by atoms with Gasteiger partial charge in [-0.05, 0) is 36.6 Å². The van der Waals surface area contributed by atoms with Crippen molar-refractivity contribution in [1.29, 1.82) is 0 Å². The molecule has 0 aliphatic carbocycles. The average molecular weight is 255 g/mol. The Morgan fingerprint density at radius 2 is 2.06 bits per heavy atom. The van der Waals surface area contributed by atoms with Crippen molar-refractivity contribution in [3.8, 4) is 0 Å². The van der Waals surface area contributed by atoms with E-state index in [-0.39, 0.29) is 5.41 Å². The van der Waals surface area contributed by atoms with E-state index in [1.54, 1.807) is 0 Å². The Bertz CT molecular complexity index is 351. The number of rotatable bonds is 1. The van der Waals surface area contributed by atoms with Gasteiger partial charge in [0.2, 0.25) is 0 Å². The molecule has 3 heteroatoms. The van der Waals surface area contributed by atoms with Crippen molar-refractivity contribution in [2.75, 3.05) is 5.75 Å². The quantitative estimate of drug-likeness (QED) is 0.808. The summed E-state index contributed by atoms with van der Waals surface area (Å²) in [7, 11) is 0. The highest BCUT2D eigenvalue weighted by atomic mass is 32.2. The maximum Gasteiger partial charge on any atom is 0.0884 e. The van der Waals surface area contributed by atoms with Gasteiger partial charge in [-0.2, -0.15) is 0 Å². The van der Waals surface area contributed by atoms with Crippen LogP contribution in [0.25, 0.3) is 0 Å². The van der Waals surface area contributed by atoms with Gasteiger partial charge in [-0.1, -0.05) is 20.8 Å². The highest BCUT2D eigenvalue weighted by Gasteiger charge is 2.23. The maximum absolute atomic E-state index is 3.67. The topological polar surface area (TPSA) is 12.0 Å². The zero-order valence-corrected chi connectivity index (χ0v) is 12.2. The minimum atomic E-state index is 0.286. The zero-order valence-electron chi connectivity index (χ0n) is 10.5. The molecular weight excluding hydrogens is 234 g/mol. The molecule has 1 N–H and O–H groups in total. The third-order valence-electron chi connectivity index (χ3n) is 2.90. The molecule has 0 radical (unpaired) electrons. The highest BCUT2D eigenvalue weighted by molar-refractivity contribution is 7.99. The molecule has 2 heterocycles. The predicted octanol–water partition coefficient (Wildman–Crippen LogP) is 4.16. The molecule has 0 bridgehead atoms. The standard InChI is InChI=1S/C13H21NS2/c1-9-7-8-15-12(14-9)10-5-6-11(16-10)13(2,3)4/h5-6,9,12,14H,7-8H2,1-4H3. The monoisotopic (exact) mass is 255 g/mol. The zero-order chi connectivity index (χ0) is 11.8. The van der Waals surface area contributed by atoms with Gasteiger partial charge in [-0.3, -0.25) is 5.32 Å². The molecule has 1 aromatic rings. The second-order valence-corrected chi connectivity index (χ2v) is 7.89. The molecule has 0 amide bonds.